The molecule has 0 aliphatic heterocycles. The van der Waals surface area contributed by atoms with Gasteiger partial charge in [-0.3, -0.25) is 4.79 Å². The van der Waals surface area contributed by atoms with Crippen LogP contribution in [0.25, 0.3) is 22.3 Å². The molecule has 2 aliphatic carbocycles. The van der Waals surface area contributed by atoms with Gasteiger partial charge in [-0.15, -0.1) is 0 Å². The highest BCUT2D eigenvalue weighted by molar-refractivity contribution is 6.09. The molecule has 3 aromatic rings. The average molecular weight is 496 g/mol. The predicted molar refractivity (Wildman–Crippen MR) is 132 cm³/mol. The van der Waals surface area contributed by atoms with Crippen LogP contribution in [0.2, 0.25) is 0 Å². The number of aryl methyl sites for hydroxylation is 2. The number of rotatable bonds is 7. The van der Waals surface area contributed by atoms with Crippen molar-refractivity contribution in [3.8, 4) is 17.0 Å². The van der Waals surface area contributed by atoms with Crippen LogP contribution in [0.5, 0.6) is 5.75 Å². The SMILES string of the molecule is Cc1cc(-c2ncnc3c(C(=O)NC4CCC(NC(=O)O)CC4)c(C)[nH]c23)c(OCC2CC2)cc1F. The van der Waals surface area contributed by atoms with E-state index in [2.05, 4.69) is 25.6 Å². The molecule has 0 bridgehead atoms. The number of halogens is 1. The highest BCUT2D eigenvalue weighted by Crippen LogP contribution is 2.37. The minimum Gasteiger partial charge on any atom is -0.492 e. The first-order chi connectivity index (χ1) is 17.3. The summed E-state index contributed by atoms with van der Waals surface area (Å²) < 4.78 is 20.4. The Morgan fingerprint density at radius 2 is 1.78 bits per heavy atom. The Labute approximate surface area is 207 Å². The molecule has 2 fully saturated rings. The molecule has 2 heterocycles. The van der Waals surface area contributed by atoms with Crippen molar-refractivity contribution < 1.29 is 23.8 Å². The van der Waals surface area contributed by atoms with Gasteiger partial charge in [0.1, 0.15) is 29.1 Å². The molecule has 2 saturated carbocycles. The molecular weight excluding hydrogens is 465 g/mol. The fourth-order valence-corrected chi connectivity index (χ4v) is 4.88. The summed E-state index contributed by atoms with van der Waals surface area (Å²) in [5, 5.41) is 14.5. The maximum absolute atomic E-state index is 14.4. The summed E-state index contributed by atoms with van der Waals surface area (Å²) in [6, 6.07) is 2.99. The van der Waals surface area contributed by atoms with Gasteiger partial charge in [0.25, 0.3) is 5.91 Å². The second-order valence-corrected chi connectivity index (χ2v) is 9.89. The van der Waals surface area contributed by atoms with Crippen LogP contribution in [0.1, 0.15) is 60.1 Å². The van der Waals surface area contributed by atoms with Gasteiger partial charge in [0.2, 0.25) is 0 Å². The second kappa shape index (κ2) is 9.75. The van der Waals surface area contributed by atoms with Crippen LogP contribution < -0.4 is 15.4 Å². The topological polar surface area (TPSA) is 129 Å². The molecule has 0 saturated heterocycles. The Morgan fingerprint density at radius 3 is 2.44 bits per heavy atom. The van der Waals surface area contributed by atoms with Crippen molar-refractivity contribution in [1.29, 1.82) is 0 Å². The fourth-order valence-electron chi connectivity index (χ4n) is 4.88. The Kier molecular flexibility index (Phi) is 6.51. The van der Waals surface area contributed by atoms with Crippen molar-refractivity contribution in [3.63, 3.8) is 0 Å². The van der Waals surface area contributed by atoms with Crippen LogP contribution in [-0.4, -0.2) is 50.7 Å². The number of carbonyl (C=O) groups is 2. The lowest BCUT2D eigenvalue weighted by Crippen LogP contribution is -2.43. The van der Waals surface area contributed by atoms with Gasteiger partial charge >= 0.3 is 6.09 Å². The summed E-state index contributed by atoms with van der Waals surface area (Å²) in [5.74, 6) is 0.352. The zero-order valence-electron chi connectivity index (χ0n) is 20.4. The molecule has 2 amide bonds. The van der Waals surface area contributed by atoms with Gasteiger partial charge in [0.05, 0.1) is 17.7 Å². The Balaban J connectivity index is 1.42. The van der Waals surface area contributed by atoms with E-state index in [0.29, 0.717) is 83.1 Å². The van der Waals surface area contributed by atoms with E-state index in [4.69, 9.17) is 9.84 Å². The first kappa shape index (κ1) is 24.0. The van der Waals surface area contributed by atoms with Crippen molar-refractivity contribution >= 4 is 23.0 Å². The van der Waals surface area contributed by atoms with Crippen LogP contribution in [0.15, 0.2) is 18.5 Å². The summed E-state index contributed by atoms with van der Waals surface area (Å²) in [6.07, 6.45) is 5.34. The molecule has 9 nitrogen and oxygen atoms in total. The first-order valence-electron chi connectivity index (χ1n) is 12.4. The zero-order valence-corrected chi connectivity index (χ0v) is 20.4. The predicted octanol–water partition coefficient (Wildman–Crippen LogP) is 4.48. The lowest BCUT2D eigenvalue weighted by molar-refractivity contribution is 0.0924. The Hall–Kier alpha value is -3.69. The monoisotopic (exact) mass is 495 g/mol. The van der Waals surface area contributed by atoms with E-state index >= 15 is 0 Å². The minimum absolute atomic E-state index is 0.0443. The van der Waals surface area contributed by atoms with Crippen molar-refractivity contribution in [3.05, 3.63) is 41.1 Å². The van der Waals surface area contributed by atoms with Crippen LogP contribution in [-0.2, 0) is 0 Å². The van der Waals surface area contributed by atoms with E-state index in [-0.39, 0.29) is 23.8 Å². The number of carboxylic acid groups (broad SMARTS) is 1. The molecular formula is C26H30FN5O4. The Bertz CT molecular complexity index is 1310. The summed E-state index contributed by atoms with van der Waals surface area (Å²) >= 11 is 0. The normalized spacial score (nSPS) is 19.8. The maximum Gasteiger partial charge on any atom is 0.404 e. The molecule has 0 atom stereocenters. The smallest absolute Gasteiger partial charge is 0.404 e. The molecule has 0 unspecified atom stereocenters. The number of carbonyl (C=O) groups excluding carboxylic acids is 1. The van der Waals surface area contributed by atoms with Gasteiger partial charge in [-0.05, 0) is 69.9 Å². The number of hydrogen-bond donors (Lipinski definition) is 4. The molecule has 0 radical (unpaired) electrons. The van der Waals surface area contributed by atoms with Crippen molar-refractivity contribution in [2.45, 2.75) is 64.5 Å². The lowest BCUT2D eigenvalue weighted by Gasteiger charge is -2.28. The maximum atomic E-state index is 14.4. The summed E-state index contributed by atoms with van der Waals surface area (Å²) in [6.45, 7) is 4.04. The number of hydrogen-bond acceptors (Lipinski definition) is 5. The largest absolute Gasteiger partial charge is 0.492 e. The van der Waals surface area contributed by atoms with E-state index < -0.39 is 6.09 Å². The molecule has 36 heavy (non-hydrogen) atoms. The van der Waals surface area contributed by atoms with Gasteiger partial charge in [0.15, 0.2) is 0 Å². The fraction of sp³-hybridized carbons (Fsp3) is 0.462. The number of fused-ring (bicyclic) bond motifs is 1. The number of H-pyrrole nitrogens is 1. The molecule has 1 aromatic carbocycles. The molecule has 2 aliphatic rings. The number of nitrogens with one attached hydrogen (secondary N) is 3. The number of aromatic nitrogens is 3. The molecule has 5 rings (SSSR count). The van der Waals surface area contributed by atoms with Gasteiger partial charge < -0.3 is 25.5 Å². The molecule has 190 valence electrons. The zero-order chi connectivity index (χ0) is 25.4. The molecule has 0 spiro atoms. The second-order valence-electron chi connectivity index (χ2n) is 9.89. The van der Waals surface area contributed by atoms with E-state index in [0.717, 1.165) is 12.8 Å². The van der Waals surface area contributed by atoms with Crippen LogP contribution in [0.3, 0.4) is 0 Å². The molecule has 10 heteroatoms. The van der Waals surface area contributed by atoms with E-state index in [1.54, 1.807) is 13.0 Å². The van der Waals surface area contributed by atoms with Crippen LogP contribution in [0.4, 0.5) is 9.18 Å². The lowest BCUT2D eigenvalue weighted by atomic mass is 9.91. The van der Waals surface area contributed by atoms with Gasteiger partial charge in [0, 0.05) is 29.4 Å². The quantitative estimate of drug-likeness (QED) is 0.383. The summed E-state index contributed by atoms with van der Waals surface area (Å²) in [5.41, 5.74) is 3.87. The van der Waals surface area contributed by atoms with Crippen LogP contribution in [0, 0.1) is 25.6 Å². The van der Waals surface area contributed by atoms with E-state index in [9.17, 15) is 14.0 Å². The summed E-state index contributed by atoms with van der Waals surface area (Å²) in [7, 11) is 0. The van der Waals surface area contributed by atoms with Crippen LogP contribution >= 0.6 is 0 Å². The molecule has 4 N–H and O–H groups in total. The third-order valence-electron chi connectivity index (χ3n) is 7.08. The van der Waals surface area contributed by atoms with Gasteiger partial charge in [-0.1, -0.05) is 0 Å². The molecule has 2 aromatic heterocycles. The third kappa shape index (κ3) is 4.98. The highest BCUT2D eigenvalue weighted by atomic mass is 19.1. The van der Waals surface area contributed by atoms with Gasteiger partial charge in [-0.2, -0.15) is 0 Å². The average Bonchev–Trinajstić information content (AvgIpc) is 3.60. The van der Waals surface area contributed by atoms with Crippen molar-refractivity contribution in [1.82, 2.24) is 25.6 Å². The first-order valence-corrected chi connectivity index (χ1v) is 12.4. The third-order valence-corrected chi connectivity index (χ3v) is 7.08. The minimum atomic E-state index is -1.02. The number of benzene rings is 1. The Morgan fingerprint density at radius 1 is 1.08 bits per heavy atom. The number of ether oxygens (including phenoxy) is 1. The van der Waals surface area contributed by atoms with Crippen molar-refractivity contribution in [2.24, 2.45) is 5.92 Å². The van der Waals surface area contributed by atoms with E-state index in [1.165, 1.54) is 12.4 Å². The highest BCUT2D eigenvalue weighted by Gasteiger charge is 2.28. The van der Waals surface area contributed by atoms with E-state index in [1.807, 2.05) is 6.92 Å². The number of aromatic amines is 1. The number of amides is 2. The standard InChI is InChI=1S/C26H30FN5O4/c1-13-9-18(20(10-19(13)27)36-11-15-3-4-15)22-24-23(29-12-28-22)21(14(2)30-24)25(33)31-16-5-7-17(8-6-16)32-26(34)35/h9-10,12,15-17,30,32H,3-8,11H2,1-2H3,(H,31,33)(H,34,35). The summed E-state index contributed by atoms with van der Waals surface area (Å²) in [4.78, 5) is 36.3. The van der Waals surface area contributed by atoms with Crippen molar-refractivity contribution in [2.75, 3.05) is 6.61 Å². The van der Waals surface area contributed by atoms with Gasteiger partial charge in [-0.25, -0.2) is 19.2 Å². The number of nitrogens with zero attached hydrogens (tertiary/aromatic N) is 2.